The molecule has 0 aromatic heterocycles. The lowest BCUT2D eigenvalue weighted by Crippen LogP contribution is -2.12. The molecule has 1 aromatic carbocycles. The zero-order valence-corrected chi connectivity index (χ0v) is 10.9. The second-order valence-electron chi connectivity index (χ2n) is 5.66. The molecule has 2 heteroatoms. The highest BCUT2D eigenvalue weighted by Gasteiger charge is 2.47. The maximum Gasteiger partial charge on any atom is 0.165 e. The van der Waals surface area contributed by atoms with Gasteiger partial charge in [0.2, 0.25) is 0 Å². The van der Waals surface area contributed by atoms with Gasteiger partial charge in [-0.15, -0.1) is 0 Å². The molecule has 0 heterocycles. The molecule has 2 unspecified atom stereocenters. The predicted octanol–water partition coefficient (Wildman–Crippen LogP) is 3.70. The zero-order chi connectivity index (χ0) is 12.5. The van der Waals surface area contributed by atoms with Crippen LogP contribution < -0.4 is 4.74 Å². The van der Waals surface area contributed by atoms with E-state index in [0.717, 1.165) is 49.0 Å². The van der Waals surface area contributed by atoms with E-state index in [1.807, 2.05) is 24.3 Å². The Balaban J connectivity index is 1.63. The van der Waals surface area contributed by atoms with Gasteiger partial charge < -0.3 is 4.74 Å². The highest BCUT2D eigenvalue weighted by Crippen LogP contribution is 2.54. The Morgan fingerprint density at radius 1 is 1.17 bits per heavy atom. The number of ether oxygens (including phenoxy) is 1. The average Bonchev–Trinajstić information content (AvgIpc) is 3.03. The van der Waals surface area contributed by atoms with Gasteiger partial charge in [-0.1, -0.05) is 6.92 Å². The van der Waals surface area contributed by atoms with E-state index < -0.39 is 0 Å². The van der Waals surface area contributed by atoms with E-state index in [0.29, 0.717) is 5.78 Å². The maximum atomic E-state index is 12.3. The third-order valence-corrected chi connectivity index (χ3v) is 4.23. The fraction of sp³-hybridized carbons (Fsp3) is 0.562. The number of hydrogen-bond acceptors (Lipinski definition) is 2. The Bertz CT molecular complexity index is 425. The van der Waals surface area contributed by atoms with E-state index in [1.165, 1.54) is 6.42 Å². The van der Waals surface area contributed by atoms with Crippen molar-refractivity contribution in [3.63, 3.8) is 0 Å². The van der Waals surface area contributed by atoms with Crippen LogP contribution in [0.3, 0.4) is 0 Å². The first-order valence-corrected chi connectivity index (χ1v) is 7.05. The topological polar surface area (TPSA) is 26.3 Å². The number of Topliss-reactive ketones (excluding diaryl/α,β-unsaturated/α-hetero) is 1. The Morgan fingerprint density at radius 3 is 2.44 bits per heavy atom. The highest BCUT2D eigenvalue weighted by molar-refractivity contribution is 5.98. The summed E-state index contributed by atoms with van der Waals surface area (Å²) in [5.41, 5.74) is 0.852. The third-order valence-electron chi connectivity index (χ3n) is 4.23. The molecule has 0 amide bonds. The number of rotatable bonds is 5. The van der Waals surface area contributed by atoms with E-state index in [4.69, 9.17) is 4.74 Å². The van der Waals surface area contributed by atoms with Gasteiger partial charge in [-0.25, -0.2) is 0 Å². The number of carbonyl (C=O) groups is 1. The van der Waals surface area contributed by atoms with Crippen molar-refractivity contribution in [1.82, 2.24) is 0 Å². The van der Waals surface area contributed by atoms with Crippen LogP contribution in [-0.2, 0) is 0 Å². The Kier molecular flexibility index (Phi) is 3.11. The molecule has 0 saturated heterocycles. The monoisotopic (exact) mass is 244 g/mol. The Morgan fingerprint density at radius 2 is 1.83 bits per heavy atom. The van der Waals surface area contributed by atoms with Crippen LogP contribution in [0.5, 0.6) is 5.75 Å². The second-order valence-corrected chi connectivity index (χ2v) is 5.66. The summed E-state index contributed by atoms with van der Waals surface area (Å²) in [4.78, 5) is 12.3. The van der Waals surface area contributed by atoms with Gasteiger partial charge in [0.15, 0.2) is 5.78 Å². The summed E-state index contributed by atoms with van der Waals surface area (Å²) in [5.74, 6) is 3.22. The molecule has 2 aliphatic rings. The molecular weight excluding hydrogens is 224 g/mol. The largest absolute Gasteiger partial charge is 0.494 e. The SMILES string of the molecule is CCCOc1ccc(C(=O)C2CC3CC3C2)cc1. The summed E-state index contributed by atoms with van der Waals surface area (Å²) in [6.45, 7) is 2.82. The van der Waals surface area contributed by atoms with Gasteiger partial charge in [-0.2, -0.15) is 0 Å². The standard InChI is InChI=1S/C16H20O2/c1-2-7-18-15-5-3-11(4-6-15)16(17)14-9-12-8-13(12)10-14/h3-6,12-14H,2,7-10H2,1H3. The molecule has 2 fully saturated rings. The van der Waals surface area contributed by atoms with Crippen molar-refractivity contribution in [2.45, 2.75) is 32.6 Å². The first-order valence-electron chi connectivity index (χ1n) is 7.05. The third kappa shape index (κ3) is 2.29. The highest BCUT2D eigenvalue weighted by atomic mass is 16.5. The molecule has 0 radical (unpaired) electrons. The van der Waals surface area contributed by atoms with Crippen LogP contribution in [-0.4, -0.2) is 12.4 Å². The lowest BCUT2D eigenvalue weighted by Gasteiger charge is -2.11. The lowest BCUT2D eigenvalue weighted by atomic mass is 9.93. The van der Waals surface area contributed by atoms with Gasteiger partial charge in [-0.05, 0) is 61.8 Å². The summed E-state index contributed by atoms with van der Waals surface area (Å²) in [6.07, 6.45) is 4.62. The number of hydrogen-bond donors (Lipinski definition) is 0. The summed E-state index contributed by atoms with van der Waals surface area (Å²) >= 11 is 0. The number of fused-ring (bicyclic) bond motifs is 1. The lowest BCUT2D eigenvalue weighted by molar-refractivity contribution is 0.0914. The van der Waals surface area contributed by atoms with Crippen molar-refractivity contribution in [1.29, 1.82) is 0 Å². The minimum Gasteiger partial charge on any atom is -0.494 e. The molecule has 2 saturated carbocycles. The molecule has 2 nitrogen and oxygen atoms in total. The second kappa shape index (κ2) is 4.75. The van der Waals surface area contributed by atoms with Crippen LogP contribution in [0.15, 0.2) is 24.3 Å². The van der Waals surface area contributed by atoms with Gasteiger partial charge in [-0.3, -0.25) is 4.79 Å². The molecule has 18 heavy (non-hydrogen) atoms. The molecule has 2 atom stereocenters. The van der Waals surface area contributed by atoms with Crippen LogP contribution in [0.1, 0.15) is 43.0 Å². The van der Waals surface area contributed by atoms with Gasteiger partial charge >= 0.3 is 0 Å². The van der Waals surface area contributed by atoms with E-state index in [1.54, 1.807) is 0 Å². The fourth-order valence-corrected chi connectivity index (χ4v) is 3.10. The molecule has 96 valence electrons. The summed E-state index contributed by atoms with van der Waals surface area (Å²) in [6, 6.07) is 7.66. The molecule has 0 aliphatic heterocycles. The number of carbonyl (C=O) groups excluding carboxylic acids is 1. The average molecular weight is 244 g/mol. The van der Waals surface area contributed by atoms with Crippen molar-refractivity contribution in [2.75, 3.05) is 6.61 Å². The summed E-state index contributed by atoms with van der Waals surface area (Å²) in [7, 11) is 0. The van der Waals surface area contributed by atoms with Crippen molar-refractivity contribution in [2.24, 2.45) is 17.8 Å². The van der Waals surface area contributed by atoms with Crippen molar-refractivity contribution in [3.05, 3.63) is 29.8 Å². The van der Waals surface area contributed by atoms with Crippen molar-refractivity contribution < 1.29 is 9.53 Å². The maximum absolute atomic E-state index is 12.3. The van der Waals surface area contributed by atoms with Crippen molar-refractivity contribution >= 4 is 5.78 Å². The van der Waals surface area contributed by atoms with E-state index in [2.05, 4.69) is 6.92 Å². The zero-order valence-electron chi connectivity index (χ0n) is 10.9. The molecule has 0 bridgehead atoms. The van der Waals surface area contributed by atoms with E-state index in [-0.39, 0.29) is 5.92 Å². The van der Waals surface area contributed by atoms with E-state index >= 15 is 0 Å². The van der Waals surface area contributed by atoms with Crippen LogP contribution in [0, 0.1) is 17.8 Å². The van der Waals surface area contributed by atoms with Gasteiger partial charge in [0.05, 0.1) is 6.61 Å². The van der Waals surface area contributed by atoms with Gasteiger partial charge in [0.1, 0.15) is 5.75 Å². The molecule has 3 rings (SSSR count). The molecule has 0 N–H and O–H groups in total. The minimum absolute atomic E-state index is 0.288. The molecule has 0 spiro atoms. The Hall–Kier alpha value is -1.31. The van der Waals surface area contributed by atoms with Crippen LogP contribution in [0.2, 0.25) is 0 Å². The molecule has 2 aliphatic carbocycles. The summed E-state index contributed by atoms with van der Waals surface area (Å²) in [5, 5.41) is 0. The first kappa shape index (κ1) is 11.8. The minimum atomic E-state index is 0.288. The smallest absolute Gasteiger partial charge is 0.165 e. The van der Waals surface area contributed by atoms with Crippen LogP contribution in [0.4, 0.5) is 0 Å². The van der Waals surface area contributed by atoms with E-state index in [9.17, 15) is 4.79 Å². The van der Waals surface area contributed by atoms with Gasteiger partial charge in [0.25, 0.3) is 0 Å². The summed E-state index contributed by atoms with van der Waals surface area (Å²) < 4.78 is 5.53. The fourth-order valence-electron chi connectivity index (χ4n) is 3.10. The quantitative estimate of drug-likeness (QED) is 0.738. The Labute approximate surface area is 108 Å². The number of ketones is 1. The normalized spacial score (nSPS) is 28.8. The molecule has 1 aromatic rings. The first-order chi connectivity index (χ1) is 8.78. The molecular formula is C16H20O2. The van der Waals surface area contributed by atoms with Crippen LogP contribution >= 0.6 is 0 Å². The van der Waals surface area contributed by atoms with Gasteiger partial charge in [0, 0.05) is 11.5 Å². The van der Waals surface area contributed by atoms with Crippen molar-refractivity contribution in [3.8, 4) is 5.75 Å². The predicted molar refractivity (Wildman–Crippen MR) is 70.9 cm³/mol. The van der Waals surface area contributed by atoms with Crippen LogP contribution in [0.25, 0.3) is 0 Å². The number of benzene rings is 1.